The van der Waals surface area contributed by atoms with Gasteiger partial charge in [0.05, 0.1) is 10.9 Å². The lowest BCUT2D eigenvalue weighted by atomic mass is 10.2. The van der Waals surface area contributed by atoms with E-state index in [-0.39, 0.29) is 10.3 Å². The van der Waals surface area contributed by atoms with Gasteiger partial charge in [-0.15, -0.1) is 0 Å². The third-order valence-electron chi connectivity index (χ3n) is 2.06. The zero-order valence-electron chi connectivity index (χ0n) is 7.37. The van der Waals surface area contributed by atoms with Crippen molar-refractivity contribution >= 4 is 23.1 Å². The van der Waals surface area contributed by atoms with E-state index < -0.39 is 5.82 Å². The van der Waals surface area contributed by atoms with E-state index >= 15 is 0 Å². The van der Waals surface area contributed by atoms with E-state index in [9.17, 15) is 9.18 Å². The summed E-state index contributed by atoms with van der Waals surface area (Å²) in [4.78, 5) is 14.4. The van der Waals surface area contributed by atoms with E-state index in [1.165, 1.54) is 22.8 Å². The molecule has 1 N–H and O–H groups in total. The van der Waals surface area contributed by atoms with Gasteiger partial charge in [0.1, 0.15) is 5.82 Å². The van der Waals surface area contributed by atoms with Gasteiger partial charge in [-0.1, -0.05) is 0 Å². The second-order valence-electron chi connectivity index (χ2n) is 2.98. The Morgan fingerprint density at radius 3 is 2.93 bits per heavy atom. The molecule has 0 unspecified atom stereocenters. The molecule has 0 saturated carbocycles. The molecule has 72 valence electrons. The Morgan fingerprint density at radius 2 is 2.21 bits per heavy atom. The lowest BCUT2D eigenvalue weighted by Gasteiger charge is -2.01. The Hall–Kier alpha value is -1.49. The van der Waals surface area contributed by atoms with E-state index in [0.717, 1.165) is 0 Å². The maximum Gasteiger partial charge on any atom is 0.261 e. The number of hydrogen-bond donors (Lipinski definition) is 1. The summed E-state index contributed by atoms with van der Waals surface area (Å²) < 4.78 is 14.4. The fraction of sp³-hybridized carbons (Fsp3) is 0.111. The molecule has 0 aliphatic rings. The van der Waals surface area contributed by atoms with Crippen LogP contribution in [-0.4, -0.2) is 9.55 Å². The number of benzene rings is 1. The monoisotopic (exact) mass is 210 g/mol. The lowest BCUT2D eigenvalue weighted by molar-refractivity contribution is 0.629. The topological polar surface area (TPSA) is 37.8 Å². The quantitative estimate of drug-likeness (QED) is 0.672. The minimum absolute atomic E-state index is 0.219. The molecule has 1 aromatic heterocycles. The van der Waals surface area contributed by atoms with Crippen LogP contribution in [0.2, 0.25) is 0 Å². The predicted molar refractivity (Wildman–Crippen MR) is 54.3 cm³/mol. The summed E-state index contributed by atoms with van der Waals surface area (Å²) in [6, 6.07) is 3.95. The number of halogens is 1. The smallest absolute Gasteiger partial charge is 0.261 e. The van der Waals surface area contributed by atoms with Crippen LogP contribution in [0.5, 0.6) is 0 Å². The van der Waals surface area contributed by atoms with Crippen molar-refractivity contribution in [1.82, 2.24) is 9.55 Å². The van der Waals surface area contributed by atoms with Crippen LogP contribution in [0.4, 0.5) is 4.39 Å². The maximum atomic E-state index is 12.8. The van der Waals surface area contributed by atoms with Crippen LogP contribution in [0.1, 0.15) is 0 Å². The van der Waals surface area contributed by atoms with Crippen molar-refractivity contribution in [2.45, 2.75) is 0 Å². The van der Waals surface area contributed by atoms with Crippen LogP contribution in [0.25, 0.3) is 10.9 Å². The van der Waals surface area contributed by atoms with Crippen molar-refractivity contribution in [3.8, 4) is 0 Å². The number of nitrogens with zero attached hydrogens (tertiary/aromatic N) is 1. The second-order valence-corrected chi connectivity index (χ2v) is 3.37. The van der Waals surface area contributed by atoms with E-state index in [1.54, 1.807) is 7.05 Å². The molecule has 0 aliphatic carbocycles. The van der Waals surface area contributed by atoms with Gasteiger partial charge in [0.25, 0.3) is 5.56 Å². The first-order chi connectivity index (χ1) is 6.59. The Labute approximate surface area is 83.8 Å². The Balaban J connectivity index is 3.06. The number of fused-ring (bicyclic) bond motifs is 1. The average Bonchev–Trinajstić information content (AvgIpc) is 2.14. The summed E-state index contributed by atoms with van der Waals surface area (Å²) in [7, 11) is 1.57. The van der Waals surface area contributed by atoms with Gasteiger partial charge in [0.2, 0.25) is 0 Å². The molecule has 0 spiro atoms. The van der Waals surface area contributed by atoms with Gasteiger partial charge < -0.3 is 4.98 Å². The summed E-state index contributed by atoms with van der Waals surface area (Å²) in [6.07, 6.45) is 0. The Kier molecular flexibility index (Phi) is 1.96. The molecule has 3 nitrogen and oxygen atoms in total. The summed E-state index contributed by atoms with van der Waals surface area (Å²) in [5.74, 6) is -0.392. The summed E-state index contributed by atoms with van der Waals surface area (Å²) >= 11 is 4.90. The van der Waals surface area contributed by atoms with Crippen molar-refractivity contribution < 1.29 is 4.39 Å². The van der Waals surface area contributed by atoms with Gasteiger partial charge in [-0.2, -0.15) is 0 Å². The number of aromatic amines is 1. The van der Waals surface area contributed by atoms with Crippen molar-refractivity contribution in [2.75, 3.05) is 0 Å². The number of aromatic nitrogens is 2. The first kappa shape index (κ1) is 9.08. The van der Waals surface area contributed by atoms with Crippen LogP contribution in [0.15, 0.2) is 23.0 Å². The van der Waals surface area contributed by atoms with Crippen molar-refractivity contribution in [3.05, 3.63) is 39.1 Å². The highest BCUT2D eigenvalue weighted by Crippen LogP contribution is 2.08. The minimum Gasteiger partial charge on any atom is -0.331 e. The minimum atomic E-state index is -0.392. The van der Waals surface area contributed by atoms with Crippen LogP contribution >= 0.6 is 12.2 Å². The van der Waals surface area contributed by atoms with Crippen molar-refractivity contribution in [3.63, 3.8) is 0 Å². The first-order valence-corrected chi connectivity index (χ1v) is 4.39. The molecule has 1 heterocycles. The first-order valence-electron chi connectivity index (χ1n) is 3.98. The van der Waals surface area contributed by atoms with Gasteiger partial charge in [-0.25, -0.2) is 4.39 Å². The molecular weight excluding hydrogens is 203 g/mol. The predicted octanol–water partition coefficient (Wildman–Crippen LogP) is 1.74. The third-order valence-corrected chi connectivity index (χ3v) is 2.44. The van der Waals surface area contributed by atoms with Gasteiger partial charge in [0.15, 0.2) is 4.77 Å². The molecule has 14 heavy (non-hydrogen) atoms. The molecule has 2 aromatic rings. The molecule has 0 bridgehead atoms. The Morgan fingerprint density at radius 1 is 1.50 bits per heavy atom. The Bertz CT molecular complexity index is 614. The number of nitrogens with one attached hydrogen (secondary N) is 1. The van der Waals surface area contributed by atoms with Crippen LogP contribution in [-0.2, 0) is 7.05 Å². The molecule has 1 aromatic carbocycles. The molecule has 2 rings (SSSR count). The van der Waals surface area contributed by atoms with E-state index in [0.29, 0.717) is 10.9 Å². The molecule has 0 fully saturated rings. The van der Waals surface area contributed by atoms with Crippen LogP contribution < -0.4 is 5.56 Å². The fourth-order valence-electron chi connectivity index (χ4n) is 1.28. The van der Waals surface area contributed by atoms with Crippen LogP contribution in [0, 0.1) is 10.6 Å². The van der Waals surface area contributed by atoms with Gasteiger partial charge in [0, 0.05) is 7.05 Å². The largest absolute Gasteiger partial charge is 0.331 e. The SMILES string of the molecule is Cn1c(=S)[nH]c2cc(F)ccc2c1=O. The molecule has 0 saturated heterocycles. The zero-order chi connectivity index (χ0) is 10.3. The summed E-state index contributed by atoms with van der Waals surface area (Å²) in [6.45, 7) is 0. The number of hydrogen-bond acceptors (Lipinski definition) is 2. The highest BCUT2D eigenvalue weighted by molar-refractivity contribution is 7.71. The molecule has 5 heteroatoms. The average molecular weight is 210 g/mol. The maximum absolute atomic E-state index is 12.8. The number of H-pyrrole nitrogens is 1. The fourth-order valence-corrected chi connectivity index (χ4v) is 1.47. The summed E-state index contributed by atoms with van der Waals surface area (Å²) in [5, 5.41) is 0.433. The third kappa shape index (κ3) is 1.26. The summed E-state index contributed by atoms with van der Waals surface area (Å²) in [5.41, 5.74) is 0.210. The zero-order valence-corrected chi connectivity index (χ0v) is 8.19. The molecule has 0 aliphatic heterocycles. The molecule has 0 atom stereocenters. The van der Waals surface area contributed by atoms with Gasteiger partial charge in [-0.3, -0.25) is 9.36 Å². The van der Waals surface area contributed by atoms with Gasteiger partial charge in [-0.05, 0) is 30.4 Å². The van der Waals surface area contributed by atoms with Crippen molar-refractivity contribution in [2.24, 2.45) is 7.05 Å². The molecule has 0 amide bonds. The molecule has 0 radical (unpaired) electrons. The normalized spacial score (nSPS) is 10.7. The van der Waals surface area contributed by atoms with E-state index in [2.05, 4.69) is 4.98 Å². The second kappa shape index (κ2) is 3.02. The van der Waals surface area contributed by atoms with E-state index in [4.69, 9.17) is 12.2 Å². The van der Waals surface area contributed by atoms with E-state index in [1.807, 2.05) is 0 Å². The van der Waals surface area contributed by atoms with Gasteiger partial charge >= 0.3 is 0 Å². The van der Waals surface area contributed by atoms with Crippen LogP contribution in [0.3, 0.4) is 0 Å². The highest BCUT2D eigenvalue weighted by atomic mass is 32.1. The van der Waals surface area contributed by atoms with Crippen molar-refractivity contribution in [1.29, 1.82) is 0 Å². The number of rotatable bonds is 0. The standard InChI is InChI=1S/C9H7FN2OS/c1-12-8(13)6-3-2-5(10)4-7(6)11-9(12)14/h2-4H,1H3,(H,11,14). The molecular formula is C9H7FN2OS. The lowest BCUT2D eigenvalue weighted by Crippen LogP contribution is -2.18. The highest BCUT2D eigenvalue weighted by Gasteiger charge is 2.02.